The molecule has 0 amide bonds. The molecule has 0 aromatic heterocycles. The summed E-state index contributed by atoms with van der Waals surface area (Å²) in [4.78, 5) is 20.1. The Morgan fingerprint density at radius 3 is 2.57 bits per heavy atom. The molecule has 0 radical (unpaired) electrons. The number of carboxylic acid groups (broad SMARTS) is 1. The Bertz CT molecular complexity index is 934. The minimum Gasteiger partial charge on any atom is -0.481 e. The van der Waals surface area contributed by atoms with Crippen molar-refractivity contribution in [2.24, 2.45) is 10.6 Å². The fourth-order valence-corrected chi connectivity index (χ4v) is 4.52. The molecule has 5 nitrogen and oxygen atoms in total. The molecule has 2 aliphatic rings. The zero-order chi connectivity index (χ0) is 21.1. The standard InChI is InChI=1S/C24H27FN2O3/c1-17-4-2-3-5-21(17)22-14-20(30-26-22)15-24(23(28)29)10-12-27(13-11-24)16-18-6-8-19(25)9-7-18/h2-9,20H,10-16H2,1H3,(H,28,29). The Kier molecular flexibility index (Phi) is 5.86. The van der Waals surface area contributed by atoms with Gasteiger partial charge in [0.1, 0.15) is 11.9 Å². The molecule has 1 saturated heterocycles. The van der Waals surface area contributed by atoms with Crippen LogP contribution >= 0.6 is 0 Å². The van der Waals surface area contributed by atoms with E-state index in [1.54, 1.807) is 12.1 Å². The number of aliphatic carboxylic acids is 1. The maximum Gasteiger partial charge on any atom is 0.309 e. The van der Waals surface area contributed by atoms with Crippen LogP contribution in [-0.4, -0.2) is 40.9 Å². The number of carboxylic acids is 1. The van der Waals surface area contributed by atoms with Crippen LogP contribution in [0.25, 0.3) is 0 Å². The number of aryl methyl sites for hydroxylation is 1. The van der Waals surface area contributed by atoms with Crippen LogP contribution in [0, 0.1) is 18.2 Å². The molecule has 158 valence electrons. The number of carbonyl (C=O) groups is 1. The number of likely N-dealkylation sites (tertiary alicyclic amines) is 1. The van der Waals surface area contributed by atoms with Crippen LogP contribution in [0.15, 0.2) is 53.7 Å². The second kappa shape index (κ2) is 8.56. The second-order valence-electron chi connectivity index (χ2n) is 8.48. The number of nitrogens with zero attached hydrogens (tertiary/aromatic N) is 2. The Morgan fingerprint density at radius 2 is 1.90 bits per heavy atom. The van der Waals surface area contributed by atoms with Gasteiger partial charge >= 0.3 is 5.97 Å². The molecule has 2 aromatic rings. The van der Waals surface area contributed by atoms with E-state index in [1.807, 2.05) is 31.2 Å². The monoisotopic (exact) mass is 410 g/mol. The van der Waals surface area contributed by atoms with E-state index >= 15 is 0 Å². The van der Waals surface area contributed by atoms with Gasteiger partial charge in [-0.1, -0.05) is 41.6 Å². The van der Waals surface area contributed by atoms with Gasteiger partial charge in [0.15, 0.2) is 0 Å². The van der Waals surface area contributed by atoms with Crippen molar-refractivity contribution in [1.82, 2.24) is 4.90 Å². The highest BCUT2D eigenvalue weighted by Crippen LogP contribution is 2.39. The fourth-order valence-electron chi connectivity index (χ4n) is 4.52. The van der Waals surface area contributed by atoms with Gasteiger partial charge in [-0.2, -0.15) is 0 Å². The average Bonchev–Trinajstić information content (AvgIpc) is 3.19. The average molecular weight is 410 g/mol. The van der Waals surface area contributed by atoms with E-state index in [0.29, 0.717) is 45.3 Å². The Balaban J connectivity index is 1.36. The van der Waals surface area contributed by atoms with E-state index in [9.17, 15) is 14.3 Å². The zero-order valence-electron chi connectivity index (χ0n) is 17.2. The van der Waals surface area contributed by atoms with Crippen molar-refractivity contribution in [3.63, 3.8) is 0 Å². The minimum absolute atomic E-state index is 0.209. The van der Waals surface area contributed by atoms with Crippen LogP contribution in [0.1, 0.15) is 42.4 Å². The SMILES string of the molecule is Cc1ccccc1C1=NOC(CC2(C(=O)O)CCN(Cc3ccc(F)cc3)CC2)C1. The first kappa shape index (κ1) is 20.5. The van der Waals surface area contributed by atoms with Gasteiger partial charge in [0, 0.05) is 24.9 Å². The predicted molar refractivity (Wildman–Crippen MR) is 113 cm³/mol. The molecule has 4 rings (SSSR count). The fraction of sp³-hybridized carbons (Fsp3) is 0.417. The highest BCUT2D eigenvalue weighted by atomic mass is 19.1. The van der Waals surface area contributed by atoms with Gasteiger partial charge < -0.3 is 9.94 Å². The number of piperidine rings is 1. The lowest BCUT2D eigenvalue weighted by atomic mass is 9.73. The maximum atomic E-state index is 13.1. The van der Waals surface area contributed by atoms with Crippen LogP contribution in [0.4, 0.5) is 4.39 Å². The van der Waals surface area contributed by atoms with Gasteiger partial charge in [-0.25, -0.2) is 4.39 Å². The number of benzene rings is 2. The topological polar surface area (TPSA) is 62.1 Å². The van der Waals surface area contributed by atoms with Crippen molar-refractivity contribution < 1.29 is 19.1 Å². The van der Waals surface area contributed by atoms with Crippen LogP contribution in [0.5, 0.6) is 0 Å². The molecule has 30 heavy (non-hydrogen) atoms. The van der Waals surface area contributed by atoms with Gasteiger partial charge in [0.25, 0.3) is 0 Å². The van der Waals surface area contributed by atoms with E-state index in [0.717, 1.165) is 22.4 Å². The highest BCUT2D eigenvalue weighted by Gasteiger charge is 2.44. The molecule has 0 bridgehead atoms. The van der Waals surface area contributed by atoms with Crippen molar-refractivity contribution in [3.8, 4) is 0 Å². The first-order valence-corrected chi connectivity index (χ1v) is 10.4. The van der Waals surface area contributed by atoms with Crippen molar-refractivity contribution in [2.45, 2.75) is 45.3 Å². The molecule has 0 saturated carbocycles. The first-order chi connectivity index (χ1) is 14.4. The number of hydrogen-bond donors (Lipinski definition) is 1. The second-order valence-corrected chi connectivity index (χ2v) is 8.48. The summed E-state index contributed by atoms with van der Waals surface area (Å²) in [7, 11) is 0. The van der Waals surface area contributed by atoms with Crippen molar-refractivity contribution in [1.29, 1.82) is 0 Å². The third-order valence-corrected chi connectivity index (χ3v) is 6.39. The lowest BCUT2D eigenvalue weighted by Gasteiger charge is -2.39. The van der Waals surface area contributed by atoms with Gasteiger partial charge in [-0.05, 0) is 56.1 Å². The van der Waals surface area contributed by atoms with Crippen molar-refractivity contribution >= 4 is 11.7 Å². The zero-order valence-corrected chi connectivity index (χ0v) is 17.2. The van der Waals surface area contributed by atoms with Crippen LogP contribution in [0.3, 0.4) is 0 Å². The Labute approximate surface area is 176 Å². The summed E-state index contributed by atoms with van der Waals surface area (Å²) >= 11 is 0. The highest BCUT2D eigenvalue weighted by molar-refractivity contribution is 6.02. The molecule has 2 aliphatic heterocycles. The van der Waals surface area contributed by atoms with Gasteiger partial charge in [0.05, 0.1) is 11.1 Å². The number of oxime groups is 1. The van der Waals surface area contributed by atoms with Crippen LogP contribution < -0.4 is 0 Å². The first-order valence-electron chi connectivity index (χ1n) is 10.4. The molecule has 1 atom stereocenters. The lowest BCUT2D eigenvalue weighted by molar-refractivity contribution is -0.155. The van der Waals surface area contributed by atoms with Crippen LogP contribution in [-0.2, 0) is 16.2 Å². The maximum absolute atomic E-state index is 13.1. The molecular formula is C24H27FN2O3. The molecule has 2 heterocycles. The predicted octanol–water partition coefficient (Wildman–Crippen LogP) is 4.38. The minimum atomic E-state index is -0.791. The number of halogens is 1. The molecule has 0 spiro atoms. The molecule has 1 fully saturated rings. The van der Waals surface area contributed by atoms with Gasteiger partial charge in [0.2, 0.25) is 0 Å². The molecule has 2 aromatic carbocycles. The summed E-state index contributed by atoms with van der Waals surface area (Å²) in [6.45, 7) is 4.14. The van der Waals surface area contributed by atoms with E-state index in [-0.39, 0.29) is 11.9 Å². The summed E-state index contributed by atoms with van der Waals surface area (Å²) in [5.41, 5.74) is 3.35. The summed E-state index contributed by atoms with van der Waals surface area (Å²) in [6.07, 6.45) is 2.04. The summed E-state index contributed by atoms with van der Waals surface area (Å²) in [5.74, 6) is -0.997. The van der Waals surface area contributed by atoms with Crippen molar-refractivity contribution in [3.05, 3.63) is 71.0 Å². The normalized spacial score (nSPS) is 21.1. The lowest BCUT2D eigenvalue weighted by Crippen LogP contribution is -2.45. The molecule has 6 heteroatoms. The molecule has 0 aliphatic carbocycles. The summed E-state index contributed by atoms with van der Waals surface area (Å²) in [5, 5.41) is 14.3. The Hall–Kier alpha value is -2.73. The third-order valence-electron chi connectivity index (χ3n) is 6.39. The van der Waals surface area contributed by atoms with Gasteiger partial charge in [-0.3, -0.25) is 9.69 Å². The quantitative estimate of drug-likeness (QED) is 0.768. The summed E-state index contributed by atoms with van der Waals surface area (Å²) in [6, 6.07) is 14.5. The van der Waals surface area contributed by atoms with E-state index < -0.39 is 11.4 Å². The van der Waals surface area contributed by atoms with Crippen molar-refractivity contribution in [2.75, 3.05) is 13.1 Å². The molecule has 1 N–H and O–H groups in total. The smallest absolute Gasteiger partial charge is 0.309 e. The van der Waals surface area contributed by atoms with Gasteiger partial charge in [-0.15, -0.1) is 0 Å². The van der Waals surface area contributed by atoms with E-state index in [1.165, 1.54) is 12.1 Å². The largest absolute Gasteiger partial charge is 0.481 e. The number of hydrogen-bond acceptors (Lipinski definition) is 4. The Morgan fingerprint density at radius 1 is 1.20 bits per heavy atom. The van der Waals surface area contributed by atoms with Crippen LogP contribution in [0.2, 0.25) is 0 Å². The molecular weight excluding hydrogens is 383 g/mol. The summed E-state index contributed by atoms with van der Waals surface area (Å²) < 4.78 is 13.1. The molecule has 1 unspecified atom stereocenters. The third kappa shape index (κ3) is 4.38. The van der Waals surface area contributed by atoms with E-state index in [2.05, 4.69) is 10.1 Å². The number of rotatable bonds is 6. The van der Waals surface area contributed by atoms with E-state index in [4.69, 9.17) is 4.84 Å².